The highest BCUT2D eigenvalue weighted by Gasteiger charge is 2.13. The van der Waals surface area contributed by atoms with Crippen LogP contribution in [0.25, 0.3) is 0 Å². The molecule has 0 saturated heterocycles. The molecule has 0 rings (SSSR count). The van der Waals surface area contributed by atoms with E-state index >= 15 is 0 Å². The lowest BCUT2D eigenvalue weighted by Crippen LogP contribution is -2.42. The van der Waals surface area contributed by atoms with Gasteiger partial charge >= 0.3 is 0 Å². The number of nitrogens with one attached hydrogen (secondary N) is 1. The summed E-state index contributed by atoms with van der Waals surface area (Å²) in [6.07, 6.45) is 3.16. The maximum atomic E-state index is 10.4. The summed E-state index contributed by atoms with van der Waals surface area (Å²) in [6.45, 7) is 8.10. The van der Waals surface area contributed by atoms with Crippen molar-refractivity contribution in [2.75, 3.05) is 0 Å². The quantitative estimate of drug-likeness (QED) is 0.613. The lowest BCUT2D eigenvalue weighted by molar-refractivity contribution is -0.113. The molecule has 1 amide bonds. The fourth-order valence-corrected chi connectivity index (χ4v) is 1.08. The van der Waals surface area contributed by atoms with E-state index in [1.165, 1.54) is 6.08 Å². The van der Waals surface area contributed by atoms with Gasteiger partial charge in [-0.05, 0) is 13.8 Å². The summed E-state index contributed by atoms with van der Waals surface area (Å²) in [5.74, 6) is -0.409. The molecule has 0 radical (unpaired) electrons. The molecule has 0 heterocycles. The minimum absolute atomic E-state index is 0.177. The van der Waals surface area contributed by atoms with Crippen molar-refractivity contribution in [3.8, 4) is 0 Å². The highest BCUT2D eigenvalue weighted by molar-refractivity contribution is 5.85. The van der Waals surface area contributed by atoms with Gasteiger partial charge in [-0.1, -0.05) is 19.9 Å². The highest BCUT2D eigenvalue weighted by atomic mass is 16.1. The predicted octanol–water partition coefficient (Wildman–Crippen LogP) is 0.804. The van der Waals surface area contributed by atoms with Crippen LogP contribution < -0.4 is 11.1 Å². The van der Waals surface area contributed by atoms with Gasteiger partial charge < -0.3 is 11.1 Å². The van der Waals surface area contributed by atoms with Crippen LogP contribution in [0.1, 0.15) is 27.7 Å². The lowest BCUT2D eigenvalue weighted by Gasteiger charge is -2.24. The van der Waals surface area contributed by atoms with E-state index in [2.05, 4.69) is 19.2 Å². The predicted molar refractivity (Wildman–Crippen MR) is 50.7 cm³/mol. The minimum atomic E-state index is -0.409. The standard InChI is InChI=1S/C9H18N2O/c1-7(2)11-9(3,4)6-5-8(10)12/h5-7,11H,1-4H3,(H2,10,12). The zero-order chi connectivity index (χ0) is 9.78. The normalized spacial score (nSPS) is 12.8. The molecule has 0 atom stereocenters. The number of primary amides is 1. The molecule has 0 unspecified atom stereocenters. The first-order chi connectivity index (χ1) is 5.33. The first-order valence-electron chi connectivity index (χ1n) is 4.10. The molecular formula is C9H18N2O. The van der Waals surface area contributed by atoms with E-state index in [-0.39, 0.29) is 5.54 Å². The maximum absolute atomic E-state index is 10.4. The number of carbonyl (C=O) groups is 1. The van der Waals surface area contributed by atoms with Crippen LogP contribution in [0.2, 0.25) is 0 Å². The second kappa shape index (κ2) is 4.26. The van der Waals surface area contributed by atoms with Crippen LogP contribution in [-0.2, 0) is 4.79 Å². The van der Waals surface area contributed by atoms with Gasteiger partial charge in [0.15, 0.2) is 0 Å². The Balaban J connectivity index is 4.12. The second-order valence-electron chi connectivity index (χ2n) is 3.76. The third kappa shape index (κ3) is 5.92. The number of amides is 1. The van der Waals surface area contributed by atoms with Gasteiger partial charge in [0.25, 0.3) is 0 Å². The molecule has 0 aromatic carbocycles. The van der Waals surface area contributed by atoms with E-state index in [0.717, 1.165) is 0 Å². The summed E-state index contributed by atoms with van der Waals surface area (Å²) in [5.41, 5.74) is 4.80. The second-order valence-corrected chi connectivity index (χ2v) is 3.76. The summed E-state index contributed by atoms with van der Waals surface area (Å²) < 4.78 is 0. The fraction of sp³-hybridized carbons (Fsp3) is 0.667. The molecule has 3 nitrogen and oxygen atoms in total. The van der Waals surface area contributed by atoms with Crippen LogP contribution in [0.15, 0.2) is 12.2 Å². The average Bonchev–Trinajstić information content (AvgIpc) is 1.81. The van der Waals surface area contributed by atoms with Gasteiger partial charge in [-0.25, -0.2) is 0 Å². The van der Waals surface area contributed by atoms with Crippen molar-refractivity contribution < 1.29 is 4.79 Å². The Hall–Kier alpha value is -0.830. The molecule has 0 aliphatic rings. The van der Waals surface area contributed by atoms with Crippen molar-refractivity contribution in [1.29, 1.82) is 0 Å². The number of carbonyl (C=O) groups excluding carboxylic acids is 1. The zero-order valence-corrected chi connectivity index (χ0v) is 8.22. The zero-order valence-electron chi connectivity index (χ0n) is 8.22. The Morgan fingerprint density at radius 3 is 2.33 bits per heavy atom. The van der Waals surface area contributed by atoms with Gasteiger partial charge in [0.1, 0.15) is 0 Å². The summed E-state index contributed by atoms with van der Waals surface area (Å²) >= 11 is 0. The SMILES string of the molecule is CC(C)NC(C)(C)C=CC(N)=O. The van der Waals surface area contributed by atoms with Crippen molar-refractivity contribution >= 4 is 5.91 Å². The van der Waals surface area contributed by atoms with Gasteiger partial charge in [0, 0.05) is 17.7 Å². The largest absolute Gasteiger partial charge is 0.366 e. The molecule has 0 bridgehead atoms. The van der Waals surface area contributed by atoms with Crippen LogP contribution in [0.4, 0.5) is 0 Å². The molecule has 0 aliphatic heterocycles. The molecule has 0 fully saturated rings. The molecule has 12 heavy (non-hydrogen) atoms. The van der Waals surface area contributed by atoms with E-state index in [1.807, 2.05) is 13.8 Å². The van der Waals surface area contributed by atoms with Crippen LogP contribution in [0.3, 0.4) is 0 Å². The molecule has 0 spiro atoms. The van der Waals surface area contributed by atoms with Gasteiger partial charge in [-0.3, -0.25) is 4.79 Å². The smallest absolute Gasteiger partial charge is 0.241 e. The van der Waals surface area contributed by atoms with E-state index in [1.54, 1.807) is 6.08 Å². The van der Waals surface area contributed by atoms with Crippen LogP contribution in [0.5, 0.6) is 0 Å². The van der Waals surface area contributed by atoms with E-state index in [4.69, 9.17) is 5.73 Å². The van der Waals surface area contributed by atoms with Crippen molar-refractivity contribution in [2.45, 2.75) is 39.3 Å². The minimum Gasteiger partial charge on any atom is -0.366 e. The van der Waals surface area contributed by atoms with Crippen LogP contribution in [0, 0.1) is 0 Å². The first kappa shape index (κ1) is 11.2. The third-order valence-electron chi connectivity index (χ3n) is 1.32. The number of nitrogens with two attached hydrogens (primary N) is 1. The average molecular weight is 170 g/mol. The number of hydrogen-bond acceptors (Lipinski definition) is 2. The van der Waals surface area contributed by atoms with Gasteiger partial charge in [-0.2, -0.15) is 0 Å². The van der Waals surface area contributed by atoms with E-state index < -0.39 is 5.91 Å². The van der Waals surface area contributed by atoms with Crippen molar-refractivity contribution in [1.82, 2.24) is 5.32 Å². The third-order valence-corrected chi connectivity index (χ3v) is 1.32. The highest BCUT2D eigenvalue weighted by Crippen LogP contribution is 2.04. The van der Waals surface area contributed by atoms with E-state index in [9.17, 15) is 4.79 Å². The Labute approximate surface area is 74.0 Å². The van der Waals surface area contributed by atoms with Gasteiger partial charge in [0.05, 0.1) is 0 Å². The molecule has 0 aromatic heterocycles. The monoisotopic (exact) mass is 170 g/mol. The van der Waals surface area contributed by atoms with Gasteiger partial charge in [0.2, 0.25) is 5.91 Å². The summed E-state index contributed by atoms with van der Waals surface area (Å²) in [6, 6.07) is 0.387. The maximum Gasteiger partial charge on any atom is 0.241 e. The van der Waals surface area contributed by atoms with E-state index in [0.29, 0.717) is 6.04 Å². The van der Waals surface area contributed by atoms with Crippen molar-refractivity contribution in [3.63, 3.8) is 0 Å². The summed E-state index contributed by atoms with van der Waals surface area (Å²) in [4.78, 5) is 10.4. The van der Waals surface area contributed by atoms with Crippen LogP contribution in [-0.4, -0.2) is 17.5 Å². The first-order valence-corrected chi connectivity index (χ1v) is 4.10. The molecule has 70 valence electrons. The Bertz CT molecular complexity index is 183. The Morgan fingerprint density at radius 2 is 2.00 bits per heavy atom. The molecule has 0 aromatic rings. The number of rotatable bonds is 4. The molecule has 0 saturated carbocycles. The van der Waals surface area contributed by atoms with Crippen LogP contribution >= 0.6 is 0 Å². The van der Waals surface area contributed by atoms with Crippen molar-refractivity contribution in [3.05, 3.63) is 12.2 Å². The molecule has 3 heteroatoms. The van der Waals surface area contributed by atoms with Gasteiger partial charge in [-0.15, -0.1) is 0 Å². The lowest BCUT2D eigenvalue weighted by atomic mass is 10.0. The summed E-state index contributed by atoms with van der Waals surface area (Å²) in [7, 11) is 0. The topological polar surface area (TPSA) is 55.1 Å². The Kier molecular flexibility index (Phi) is 3.96. The Morgan fingerprint density at radius 1 is 1.50 bits per heavy atom. The van der Waals surface area contributed by atoms with Crippen molar-refractivity contribution in [2.24, 2.45) is 5.73 Å². The molecule has 3 N–H and O–H groups in total. The number of hydrogen-bond donors (Lipinski definition) is 2. The molecular weight excluding hydrogens is 152 g/mol. The summed E-state index contributed by atoms with van der Waals surface area (Å²) in [5, 5.41) is 3.28. The fourth-order valence-electron chi connectivity index (χ4n) is 1.08. The molecule has 0 aliphatic carbocycles.